The third-order valence-electron chi connectivity index (χ3n) is 5.30. The van der Waals surface area contributed by atoms with Crippen LogP contribution in [0.4, 0.5) is 0 Å². The van der Waals surface area contributed by atoms with Gasteiger partial charge in [0.05, 0.1) is 35.1 Å². The number of aliphatic hydroxyl groups is 1. The predicted molar refractivity (Wildman–Crippen MR) is 128 cm³/mol. The molecule has 10 nitrogen and oxygen atoms in total. The van der Waals surface area contributed by atoms with E-state index in [9.17, 15) is 22.8 Å². The van der Waals surface area contributed by atoms with Crippen LogP contribution in [0.15, 0.2) is 41.3 Å². The van der Waals surface area contributed by atoms with Crippen molar-refractivity contribution >= 4 is 50.9 Å². The second-order valence-corrected chi connectivity index (χ2v) is 10.3. The van der Waals surface area contributed by atoms with Gasteiger partial charge in [-0.05, 0) is 48.4 Å². The zero-order valence-electron chi connectivity index (χ0n) is 18.6. The number of sulfonamides is 1. The van der Waals surface area contributed by atoms with Crippen molar-refractivity contribution in [2.75, 3.05) is 33.4 Å². The van der Waals surface area contributed by atoms with Crippen LogP contribution in [0.1, 0.15) is 15.9 Å². The maximum absolute atomic E-state index is 13.4. The Hall–Kier alpha value is -2.86. The van der Waals surface area contributed by atoms with Gasteiger partial charge in [-0.25, -0.2) is 12.7 Å². The van der Waals surface area contributed by atoms with Crippen LogP contribution in [-0.4, -0.2) is 68.9 Å². The molecule has 1 heterocycles. The Labute approximate surface area is 212 Å². The fourth-order valence-corrected chi connectivity index (χ4v) is 5.39. The van der Waals surface area contributed by atoms with E-state index in [2.05, 4.69) is 10.6 Å². The molecule has 2 aromatic carbocycles. The average Bonchev–Trinajstić information content (AvgIpc) is 2.96. The number of nitrogens with one attached hydrogen (secondary N) is 2. The molecule has 0 radical (unpaired) electrons. The lowest BCUT2D eigenvalue weighted by atomic mass is 9.98. The fraction of sp³-hybridized carbons (Fsp3) is 0.318. The summed E-state index contributed by atoms with van der Waals surface area (Å²) in [5, 5.41) is 14.2. The predicted octanol–water partition coefficient (Wildman–Crippen LogP) is 1.23. The molecule has 0 bridgehead atoms. The first-order valence-electron chi connectivity index (χ1n) is 10.4. The van der Waals surface area contributed by atoms with Crippen LogP contribution in [0, 0.1) is 5.92 Å². The minimum Gasteiger partial charge on any atom is -0.496 e. The number of amides is 3. The molecule has 0 spiro atoms. The summed E-state index contributed by atoms with van der Waals surface area (Å²) in [6.45, 7) is -1.20. The van der Waals surface area contributed by atoms with Crippen molar-refractivity contribution in [2.45, 2.75) is 11.3 Å². The van der Waals surface area contributed by atoms with Gasteiger partial charge in [-0.15, -0.1) is 0 Å². The van der Waals surface area contributed by atoms with Crippen LogP contribution in [0.3, 0.4) is 0 Å². The number of halogens is 2. The minimum atomic E-state index is -4.53. The summed E-state index contributed by atoms with van der Waals surface area (Å²) in [6, 6.07) is 8.23. The SMILES string of the molecule is COc1ccc(Cl)cc1CC1CNC(=O)CN(S(=O)(=O)c2ccc(Cl)c(C(=O)NCCO)c2)C1=O. The second kappa shape index (κ2) is 11.3. The number of nitrogens with zero attached hydrogens (tertiary/aromatic N) is 1. The monoisotopic (exact) mass is 543 g/mol. The van der Waals surface area contributed by atoms with E-state index in [0.717, 1.165) is 12.1 Å². The van der Waals surface area contributed by atoms with Gasteiger partial charge in [0, 0.05) is 18.1 Å². The Balaban J connectivity index is 1.96. The molecule has 35 heavy (non-hydrogen) atoms. The summed E-state index contributed by atoms with van der Waals surface area (Å²) in [5.41, 5.74) is 0.411. The average molecular weight is 544 g/mol. The first-order valence-corrected chi connectivity index (χ1v) is 12.6. The molecule has 0 saturated carbocycles. The van der Waals surface area contributed by atoms with Crippen molar-refractivity contribution < 1.29 is 32.6 Å². The summed E-state index contributed by atoms with van der Waals surface area (Å²) in [4.78, 5) is 37.6. The Kier molecular flexibility index (Phi) is 8.60. The highest BCUT2D eigenvalue weighted by Crippen LogP contribution is 2.29. The van der Waals surface area contributed by atoms with Crippen LogP contribution in [-0.2, 0) is 26.0 Å². The fourth-order valence-electron chi connectivity index (χ4n) is 3.56. The number of carbonyl (C=O) groups excluding carboxylic acids is 3. The Bertz CT molecular complexity index is 1250. The van der Waals surface area contributed by atoms with Crippen molar-refractivity contribution in [3.63, 3.8) is 0 Å². The van der Waals surface area contributed by atoms with E-state index in [1.165, 1.54) is 13.2 Å². The lowest BCUT2D eigenvalue weighted by Crippen LogP contribution is -2.42. The topological polar surface area (TPSA) is 142 Å². The van der Waals surface area contributed by atoms with Gasteiger partial charge in [-0.3, -0.25) is 14.4 Å². The number of carbonyl (C=O) groups is 3. The zero-order valence-corrected chi connectivity index (χ0v) is 20.9. The molecule has 3 amide bonds. The Morgan fingerprint density at radius 3 is 2.66 bits per heavy atom. The van der Waals surface area contributed by atoms with Crippen molar-refractivity contribution in [1.29, 1.82) is 0 Å². The summed E-state index contributed by atoms with van der Waals surface area (Å²) in [7, 11) is -3.08. The Morgan fingerprint density at radius 1 is 1.23 bits per heavy atom. The molecule has 1 aliphatic rings. The summed E-state index contributed by atoms with van der Waals surface area (Å²) < 4.78 is 32.7. The van der Waals surface area contributed by atoms with Gasteiger partial charge < -0.3 is 20.5 Å². The lowest BCUT2D eigenvalue weighted by Gasteiger charge is -2.23. The number of methoxy groups -OCH3 is 1. The molecular formula is C22H23Cl2N3O7S. The minimum absolute atomic E-state index is 0.0229. The zero-order chi connectivity index (χ0) is 25.8. The highest BCUT2D eigenvalue weighted by Gasteiger charge is 2.38. The number of hydrogen-bond donors (Lipinski definition) is 3. The van der Waals surface area contributed by atoms with E-state index >= 15 is 0 Å². The van der Waals surface area contributed by atoms with Gasteiger partial charge in [0.2, 0.25) is 11.8 Å². The summed E-state index contributed by atoms with van der Waals surface area (Å²) >= 11 is 12.1. The lowest BCUT2D eigenvalue weighted by molar-refractivity contribution is -0.131. The largest absolute Gasteiger partial charge is 0.496 e. The van der Waals surface area contributed by atoms with E-state index < -0.39 is 45.1 Å². The molecular weight excluding hydrogens is 521 g/mol. The highest BCUT2D eigenvalue weighted by atomic mass is 35.5. The van der Waals surface area contributed by atoms with Gasteiger partial charge in [-0.1, -0.05) is 23.2 Å². The molecule has 0 aliphatic carbocycles. The van der Waals surface area contributed by atoms with E-state index in [4.69, 9.17) is 33.0 Å². The van der Waals surface area contributed by atoms with E-state index in [1.807, 2.05) is 0 Å². The van der Waals surface area contributed by atoms with E-state index in [-0.39, 0.29) is 36.7 Å². The normalized spacial score (nSPS) is 16.5. The molecule has 0 aromatic heterocycles. The van der Waals surface area contributed by atoms with E-state index in [1.54, 1.807) is 18.2 Å². The van der Waals surface area contributed by atoms with Crippen molar-refractivity contribution in [1.82, 2.24) is 14.9 Å². The summed E-state index contributed by atoms with van der Waals surface area (Å²) in [6.07, 6.45) is 0.0598. The molecule has 2 aromatic rings. The third kappa shape index (κ3) is 6.04. The number of aliphatic hydroxyl groups excluding tert-OH is 1. The number of hydrogen-bond acceptors (Lipinski definition) is 7. The van der Waals surface area contributed by atoms with Gasteiger partial charge in [0.15, 0.2) is 0 Å². The molecule has 3 rings (SSSR count). The van der Waals surface area contributed by atoms with Gasteiger partial charge >= 0.3 is 0 Å². The Morgan fingerprint density at radius 2 is 1.97 bits per heavy atom. The molecule has 188 valence electrons. The van der Waals surface area contributed by atoms with Crippen LogP contribution in [0.25, 0.3) is 0 Å². The third-order valence-corrected chi connectivity index (χ3v) is 7.61. The molecule has 3 N–H and O–H groups in total. The van der Waals surface area contributed by atoms with E-state index in [0.29, 0.717) is 20.6 Å². The van der Waals surface area contributed by atoms with Crippen molar-refractivity contribution in [2.24, 2.45) is 5.92 Å². The maximum Gasteiger partial charge on any atom is 0.267 e. The van der Waals surface area contributed by atoms with Crippen LogP contribution >= 0.6 is 23.2 Å². The maximum atomic E-state index is 13.4. The molecule has 1 atom stereocenters. The molecule has 1 aliphatic heterocycles. The number of benzene rings is 2. The van der Waals surface area contributed by atoms with Crippen LogP contribution < -0.4 is 15.4 Å². The molecule has 1 fully saturated rings. The molecule has 13 heteroatoms. The first-order chi connectivity index (χ1) is 16.6. The standard InChI is InChI=1S/C22H23Cl2N3O7S/c1-34-19-5-2-15(23)9-13(19)8-14-11-26-20(29)12-27(22(14)31)35(32,33)16-3-4-18(24)17(10-16)21(30)25-6-7-28/h2-5,9-10,14,28H,6-8,11-12H2,1H3,(H,25,30)(H,26,29). The number of rotatable bonds is 8. The quantitative estimate of drug-likeness (QED) is 0.454. The molecule has 1 saturated heterocycles. The second-order valence-electron chi connectivity index (χ2n) is 7.63. The van der Waals surface area contributed by atoms with Crippen molar-refractivity contribution in [3.8, 4) is 5.75 Å². The van der Waals surface area contributed by atoms with Gasteiger partial charge in [0.25, 0.3) is 15.9 Å². The smallest absolute Gasteiger partial charge is 0.267 e. The number of ether oxygens (including phenoxy) is 1. The molecule has 1 unspecified atom stereocenters. The van der Waals surface area contributed by atoms with Crippen molar-refractivity contribution in [3.05, 3.63) is 57.6 Å². The van der Waals surface area contributed by atoms with Crippen LogP contribution in [0.2, 0.25) is 10.0 Å². The summed E-state index contributed by atoms with van der Waals surface area (Å²) in [5.74, 6) is -2.62. The van der Waals surface area contributed by atoms with Crippen LogP contribution in [0.5, 0.6) is 5.75 Å². The first kappa shape index (κ1) is 26.7. The van der Waals surface area contributed by atoms with Gasteiger partial charge in [-0.2, -0.15) is 0 Å². The van der Waals surface area contributed by atoms with Gasteiger partial charge in [0.1, 0.15) is 12.3 Å². The highest BCUT2D eigenvalue weighted by molar-refractivity contribution is 7.89.